The Balaban J connectivity index is 2.30. The molecule has 8 heteroatoms. The molecule has 0 radical (unpaired) electrons. The van der Waals surface area contributed by atoms with Crippen molar-refractivity contribution in [3.05, 3.63) is 27.7 Å². The van der Waals surface area contributed by atoms with Crippen LogP contribution in [0.15, 0.2) is 21.5 Å². The zero-order chi connectivity index (χ0) is 15.6. The van der Waals surface area contributed by atoms with Gasteiger partial charge in [0.2, 0.25) is 0 Å². The fourth-order valence-electron chi connectivity index (χ4n) is 2.26. The van der Waals surface area contributed by atoms with Crippen molar-refractivity contribution in [2.45, 2.75) is 30.7 Å². The second-order valence-corrected chi connectivity index (χ2v) is 8.35. The van der Waals surface area contributed by atoms with Crippen molar-refractivity contribution >= 4 is 41.6 Å². The molecule has 1 aliphatic heterocycles. The summed E-state index contributed by atoms with van der Waals surface area (Å²) in [5.74, 6) is -0.328. The van der Waals surface area contributed by atoms with Crippen LogP contribution in [0.2, 0.25) is 0 Å². The van der Waals surface area contributed by atoms with Crippen LogP contribution in [0.1, 0.15) is 28.8 Å². The summed E-state index contributed by atoms with van der Waals surface area (Å²) in [6.07, 6.45) is 1.74. The van der Waals surface area contributed by atoms with E-state index in [1.807, 2.05) is 0 Å². The maximum atomic E-state index is 12.3. The number of rotatable bonds is 3. The first-order valence-electron chi connectivity index (χ1n) is 6.42. The third kappa shape index (κ3) is 4.18. The van der Waals surface area contributed by atoms with Crippen molar-refractivity contribution < 1.29 is 17.9 Å². The molecular formula is C13H15BrClNO4S. The molecule has 0 spiro atoms. The molecule has 0 saturated carbocycles. The molecule has 1 fully saturated rings. The fraction of sp³-hybridized carbons (Fsp3) is 0.462. The van der Waals surface area contributed by atoms with E-state index in [1.54, 1.807) is 13.0 Å². The Morgan fingerprint density at radius 1 is 1.48 bits per heavy atom. The van der Waals surface area contributed by atoms with Gasteiger partial charge in [0.05, 0.1) is 17.5 Å². The Morgan fingerprint density at radius 2 is 2.19 bits per heavy atom. The number of nitrogens with one attached hydrogen (secondary N) is 1. The minimum Gasteiger partial charge on any atom is -0.379 e. The minimum atomic E-state index is -3.91. The predicted molar refractivity (Wildman–Crippen MR) is 83.2 cm³/mol. The Bertz CT molecular complexity index is 656. The normalized spacial score (nSPS) is 19.3. The molecule has 1 aromatic rings. The van der Waals surface area contributed by atoms with Gasteiger partial charge >= 0.3 is 0 Å². The van der Waals surface area contributed by atoms with Crippen LogP contribution in [0.3, 0.4) is 0 Å². The second kappa shape index (κ2) is 6.64. The van der Waals surface area contributed by atoms with Crippen LogP contribution in [0, 0.1) is 6.92 Å². The molecule has 1 atom stereocenters. The van der Waals surface area contributed by atoms with Crippen LogP contribution in [0.4, 0.5) is 0 Å². The largest absolute Gasteiger partial charge is 0.379 e. The Morgan fingerprint density at radius 3 is 2.76 bits per heavy atom. The van der Waals surface area contributed by atoms with Gasteiger partial charge in [0.15, 0.2) is 0 Å². The molecule has 1 unspecified atom stereocenters. The quantitative estimate of drug-likeness (QED) is 0.797. The zero-order valence-corrected chi connectivity index (χ0v) is 14.5. The maximum Gasteiger partial charge on any atom is 0.261 e. The summed E-state index contributed by atoms with van der Waals surface area (Å²) < 4.78 is 28.9. The monoisotopic (exact) mass is 395 g/mol. The fourth-order valence-corrected chi connectivity index (χ4v) is 4.09. The molecule has 0 aliphatic carbocycles. The Labute approximate surface area is 136 Å². The van der Waals surface area contributed by atoms with Gasteiger partial charge in [-0.05, 0) is 37.5 Å². The highest BCUT2D eigenvalue weighted by molar-refractivity contribution is 9.10. The number of halogens is 2. The lowest BCUT2D eigenvalue weighted by Crippen LogP contribution is -2.40. The van der Waals surface area contributed by atoms with Gasteiger partial charge < -0.3 is 10.1 Å². The molecule has 2 rings (SSSR count). The van der Waals surface area contributed by atoms with Crippen LogP contribution in [-0.4, -0.2) is 33.6 Å². The number of carbonyl (C=O) groups excluding carboxylic acids is 1. The molecular weight excluding hydrogens is 382 g/mol. The van der Waals surface area contributed by atoms with Gasteiger partial charge in [0, 0.05) is 27.3 Å². The molecule has 1 heterocycles. The van der Waals surface area contributed by atoms with Crippen LogP contribution in [0.5, 0.6) is 0 Å². The molecule has 1 amide bonds. The Hall–Kier alpha value is -0.630. The van der Waals surface area contributed by atoms with Crippen LogP contribution in [-0.2, 0) is 13.8 Å². The SMILES string of the molecule is Cc1c(C(=O)NC2CCCOC2)cc(Br)cc1S(=O)(=O)Cl. The third-order valence-electron chi connectivity index (χ3n) is 3.33. The molecule has 5 nitrogen and oxygen atoms in total. The highest BCUT2D eigenvalue weighted by Gasteiger charge is 2.23. The predicted octanol–water partition coefficient (Wildman–Crippen LogP) is 2.59. The Kier molecular flexibility index (Phi) is 5.29. The standard InChI is InChI=1S/C13H15BrClNO4S/c1-8-11(5-9(14)6-12(8)21(15,18)19)13(17)16-10-3-2-4-20-7-10/h5-6,10H,2-4,7H2,1H3,(H,16,17). The lowest BCUT2D eigenvalue weighted by Gasteiger charge is -2.23. The van der Waals surface area contributed by atoms with E-state index in [1.165, 1.54) is 6.07 Å². The number of benzene rings is 1. The van der Waals surface area contributed by atoms with E-state index in [4.69, 9.17) is 15.4 Å². The summed E-state index contributed by atoms with van der Waals surface area (Å²) in [6.45, 7) is 2.74. The average molecular weight is 397 g/mol. The second-order valence-electron chi connectivity index (χ2n) is 4.90. The first-order valence-corrected chi connectivity index (χ1v) is 9.52. The highest BCUT2D eigenvalue weighted by Crippen LogP contribution is 2.27. The summed E-state index contributed by atoms with van der Waals surface area (Å²) in [6, 6.07) is 2.92. The molecule has 1 aliphatic rings. The van der Waals surface area contributed by atoms with E-state index >= 15 is 0 Å². The molecule has 116 valence electrons. The third-order valence-corrected chi connectivity index (χ3v) is 5.23. The lowest BCUT2D eigenvalue weighted by molar-refractivity contribution is 0.0623. The highest BCUT2D eigenvalue weighted by atomic mass is 79.9. The smallest absolute Gasteiger partial charge is 0.261 e. The van der Waals surface area contributed by atoms with Crippen LogP contribution in [0.25, 0.3) is 0 Å². The number of hydrogen-bond donors (Lipinski definition) is 1. The van der Waals surface area contributed by atoms with Crippen molar-refractivity contribution in [1.29, 1.82) is 0 Å². The number of carbonyl (C=O) groups is 1. The molecule has 1 N–H and O–H groups in total. The van der Waals surface area contributed by atoms with Crippen molar-refractivity contribution in [3.8, 4) is 0 Å². The summed E-state index contributed by atoms with van der Waals surface area (Å²) in [7, 11) is 1.50. The van der Waals surface area contributed by atoms with Crippen molar-refractivity contribution in [1.82, 2.24) is 5.32 Å². The summed E-state index contributed by atoms with van der Waals surface area (Å²) in [4.78, 5) is 12.3. The van der Waals surface area contributed by atoms with E-state index in [9.17, 15) is 13.2 Å². The van der Waals surface area contributed by atoms with Gasteiger partial charge in [-0.2, -0.15) is 0 Å². The molecule has 1 aromatic carbocycles. The first kappa shape index (κ1) is 16.7. The number of hydrogen-bond acceptors (Lipinski definition) is 4. The van der Waals surface area contributed by atoms with E-state index < -0.39 is 9.05 Å². The minimum absolute atomic E-state index is 0.0549. The number of ether oxygens (including phenoxy) is 1. The van der Waals surface area contributed by atoms with Gasteiger partial charge in [-0.1, -0.05) is 15.9 Å². The molecule has 1 saturated heterocycles. The number of amides is 1. The average Bonchev–Trinajstić information content (AvgIpc) is 2.40. The van der Waals surface area contributed by atoms with Gasteiger partial charge in [-0.15, -0.1) is 0 Å². The topological polar surface area (TPSA) is 72.5 Å². The first-order chi connectivity index (χ1) is 9.79. The van der Waals surface area contributed by atoms with Crippen LogP contribution < -0.4 is 5.32 Å². The summed E-state index contributed by atoms with van der Waals surface area (Å²) >= 11 is 3.21. The molecule has 21 heavy (non-hydrogen) atoms. The maximum absolute atomic E-state index is 12.3. The van der Waals surface area contributed by atoms with Gasteiger partial charge in [0.1, 0.15) is 0 Å². The van der Waals surface area contributed by atoms with Gasteiger partial charge in [0.25, 0.3) is 15.0 Å². The van der Waals surface area contributed by atoms with Crippen LogP contribution >= 0.6 is 26.6 Å². The van der Waals surface area contributed by atoms with E-state index in [0.29, 0.717) is 23.2 Å². The molecule has 0 aromatic heterocycles. The zero-order valence-electron chi connectivity index (χ0n) is 11.4. The van der Waals surface area contributed by atoms with E-state index in [0.717, 1.165) is 12.8 Å². The molecule has 0 bridgehead atoms. The van der Waals surface area contributed by atoms with Crippen molar-refractivity contribution in [3.63, 3.8) is 0 Å². The lowest BCUT2D eigenvalue weighted by atomic mass is 10.1. The summed E-state index contributed by atoms with van der Waals surface area (Å²) in [5, 5.41) is 2.86. The van der Waals surface area contributed by atoms with Gasteiger partial charge in [-0.25, -0.2) is 8.42 Å². The van der Waals surface area contributed by atoms with Crippen molar-refractivity contribution in [2.24, 2.45) is 0 Å². The summed E-state index contributed by atoms with van der Waals surface area (Å²) in [5.41, 5.74) is 0.622. The van der Waals surface area contributed by atoms with E-state index in [2.05, 4.69) is 21.2 Å². The van der Waals surface area contributed by atoms with Gasteiger partial charge in [-0.3, -0.25) is 4.79 Å². The van der Waals surface area contributed by atoms with Crippen molar-refractivity contribution in [2.75, 3.05) is 13.2 Å². The van der Waals surface area contributed by atoms with E-state index in [-0.39, 0.29) is 22.4 Å².